The van der Waals surface area contributed by atoms with Crippen LogP contribution < -0.4 is 0 Å². The molecule has 1 saturated heterocycles. The molecule has 4 rings (SSSR count). The predicted molar refractivity (Wildman–Crippen MR) is 158 cm³/mol. The van der Waals surface area contributed by atoms with Crippen molar-refractivity contribution in [1.29, 1.82) is 5.26 Å². The molecule has 1 aromatic heterocycles. The van der Waals surface area contributed by atoms with Gasteiger partial charge < -0.3 is 24.0 Å². The summed E-state index contributed by atoms with van der Waals surface area (Å²) in [6.07, 6.45) is 8.08. The molecule has 2 heterocycles. The topological polar surface area (TPSA) is 166 Å². The van der Waals surface area contributed by atoms with Crippen molar-refractivity contribution >= 4 is 31.6 Å². The van der Waals surface area contributed by atoms with Crippen LogP contribution in [0.3, 0.4) is 0 Å². The van der Waals surface area contributed by atoms with Gasteiger partial charge in [0.15, 0.2) is 18.5 Å². The third-order valence-corrected chi connectivity index (χ3v) is 8.54. The van der Waals surface area contributed by atoms with E-state index >= 15 is 4.39 Å². The molecule has 2 aromatic carbocycles. The summed E-state index contributed by atoms with van der Waals surface area (Å²) in [5.41, 5.74) is -1.63. The number of ether oxygens (including phenoxy) is 3. The van der Waals surface area contributed by atoms with Crippen molar-refractivity contribution in [3.8, 4) is 6.07 Å². The van der Waals surface area contributed by atoms with Crippen molar-refractivity contribution in [2.24, 2.45) is 0 Å². The molecule has 1 aliphatic rings. The number of hydrogen-bond acceptors (Lipinski definition) is 10. The lowest BCUT2D eigenvalue weighted by molar-refractivity contribution is -0.166. The number of carbonyl (C=O) groups is 1. The molecule has 0 bridgehead atoms. The summed E-state index contributed by atoms with van der Waals surface area (Å²) in [7, 11) is -5.05. The number of aromatic nitrogens is 3. The van der Waals surface area contributed by atoms with Gasteiger partial charge in [-0.2, -0.15) is 10.4 Å². The smallest absolute Gasteiger partial charge is 0.449 e. The zero-order valence-corrected chi connectivity index (χ0v) is 25.8. The monoisotopic (exact) mass is 680 g/mol. The Morgan fingerprint density at radius 2 is 1.98 bits per heavy atom. The maximum Gasteiger partial charge on any atom is 0.470 e. The SMILES string of the molecule is C[C@@H](SC1COC(C=CC=Cc2ccc(C#N)cc2F)OC1)[C@@](Cn1cncn1)(OC(=O)COP(=O)(O)O)c1ccc(F)cc1F. The number of thioether (sulfide) groups is 1. The lowest BCUT2D eigenvalue weighted by Gasteiger charge is -2.40. The molecule has 1 aliphatic heterocycles. The molecule has 12 nitrogen and oxygen atoms in total. The molecule has 0 unspecified atom stereocenters. The first-order chi connectivity index (χ1) is 21.9. The molecule has 0 aliphatic carbocycles. The van der Waals surface area contributed by atoms with Gasteiger partial charge in [-0.05, 0) is 37.3 Å². The summed E-state index contributed by atoms with van der Waals surface area (Å²) in [4.78, 5) is 34.8. The van der Waals surface area contributed by atoms with Gasteiger partial charge in [0, 0.05) is 22.4 Å². The highest BCUT2D eigenvalue weighted by atomic mass is 32.2. The summed E-state index contributed by atoms with van der Waals surface area (Å²) in [6.45, 7) is 0.467. The molecule has 2 N–H and O–H groups in total. The van der Waals surface area contributed by atoms with Crippen molar-refractivity contribution in [1.82, 2.24) is 14.8 Å². The average Bonchev–Trinajstić information content (AvgIpc) is 3.52. The number of benzene rings is 2. The van der Waals surface area contributed by atoms with Crippen LogP contribution >= 0.6 is 19.6 Å². The lowest BCUT2D eigenvalue weighted by atomic mass is 9.89. The number of esters is 1. The number of rotatable bonds is 13. The first-order valence-electron chi connectivity index (χ1n) is 13.5. The Hall–Kier alpha value is -3.81. The van der Waals surface area contributed by atoms with E-state index in [2.05, 4.69) is 14.6 Å². The summed E-state index contributed by atoms with van der Waals surface area (Å²) in [6, 6.07) is 8.71. The molecule has 3 aromatic rings. The lowest BCUT2D eigenvalue weighted by Crippen LogP contribution is -2.47. The van der Waals surface area contributed by atoms with E-state index in [1.165, 1.54) is 47.3 Å². The molecule has 0 radical (unpaired) electrons. The zero-order chi connectivity index (χ0) is 33.3. The summed E-state index contributed by atoms with van der Waals surface area (Å²) >= 11 is 1.21. The van der Waals surface area contributed by atoms with Gasteiger partial charge in [-0.3, -0.25) is 4.52 Å². The third kappa shape index (κ3) is 9.60. The van der Waals surface area contributed by atoms with Crippen molar-refractivity contribution in [2.45, 2.75) is 35.9 Å². The van der Waals surface area contributed by atoms with Crippen LogP contribution in [-0.4, -0.2) is 67.1 Å². The summed E-state index contributed by atoms with van der Waals surface area (Å²) in [5, 5.41) is 11.7. The number of nitrogens with zero attached hydrogens (tertiary/aromatic N) is 4. The van der Waals surface area contributed by atoms with E-state index in [1.54, 1.807) is 25.2 Å². The first kappa shape index (κ1) is 35.1. The fraction of sp³-hybridized carbons (Fsp3) is 0.310. The Bertz CT molecular complexity index is 1660. The largest absolute Gasteiger partial charge is 0.470 e. The van der Waals surface area contributed by atoms with Crippen LogP contribution in [0, 0.1) is 28.8 Å². The fourth-order valence-electron chi connectivity index (χ4n) is 4.49. The molecule has 0 spiro atoms. The van der Waals surface area contributed by atoms with Gasteiger partial charge in [0.2, 0.25) is 0 Å². The van der Waals surface area contributed by atoms with Gasteiger partial charge in [-0.15, -0.1) is 11.8 Å². The minimum Gasteiger partial charge on any atom is -0.449 e. The normalized spacial score (nSPS) is 19.2. The number of hydrogen-bond donors (Lipinski definition) is 2. The van der Waals surface area contributed by atoms with E-state index < -0.39 is 55.0 Å². The van der Waals surface area contributed by atoms with Gasteiger partial charge in [0.1, 0.15) is 30.1 Å². The predicted octanol–water partition coefficient (Wildman–Crippen LogP) is 4.25. The highest BCUT2D eigenvalue weighted by Crippen LogP contribution is 2.42. The number of nitriles is 1. The van der Waals surface area contributed by atoms with Crippen molar-refractivity contribution in [3.63, 3.8) is 0 Å². The van der Waals surface area contributed by atoms with Crippen LogP contribution in [0.5, 0.6) is 0 Å². The Labute approximate surface area is 265 Å². The number of carbonyl (C=O) groups excluding carboxylic acids is 1. The Kier molecular flexibility index (Phi) is 11.9. The fourth-order valence-corrected chi connectivity index (χ4v) is 6.13. The van der Waals surface area contributed by atoms with Gasteiger partial charge >= 0.3 is 13.8 Å². The van der Waals surface area contributed by atoms with E-state index in [1.807, 2.05) is 6.07 Å². The van der Waals surface area contributed by atoms with E-state index in [-0.39, 0.29) is 36.1 Å². The van der Waals surface area contributed by atoms with Crippen LogP contribution in [-0.2, 0) is 40.2 Å². The number of phosphoric acid groups is 1. The number of halogens is 3. The Morgan fingerprint density at radius 3 is 2.61 bits per heavy atom. The first-order valence-corrected chi connectivity index (χ1v) is 16.0. The van der Waals surface area contributed by atoms with E-state index in [4.69, 9.17) is 29.3 Å². The molecule has 0 saturated carbocycles. The molecule has 2 atom stereocenters. The molecule has 244 valence electrons. The minimum absolute atomic E-state index is 0.151. The number of allylic oxidation sites excluding steroid dienone is 2. The van der Waals surface area contributed by atoms with Gasteiger partial charge in [0.05, 0.1) is 36.6 Å². The molecular formula is C29H28F3N4O8PS. The molecule has 0 amide bonds. The second-order valence-corrected chi connectivity index (χ2v) is 12.8. The minimum atomic E-state index is -5.05. The number of phosphoric ester groups is 1. The van der Waals surface area contributed by atoms with Crippen LogP contribution in [0.15, 0.2) is 67.3 Å². The summed E-state index contributed by atoms with van der Waals surface area (Å²) in [5.74, 6) is -3.68. The highest BCUT2D eigenvalue weighted by Gasteiger charge is 2.47. The molecule has 1 fully saturated rings. The van der Waals surface area contributed by atoms with E-state index in [0.717, 1.165) is 18.2 Å². The third-order valence-electron chi connectivity index (χ3n) is 6.63. The summed E-state index contributed by atoms with van der Waals surface area (Å²) < 4.78 is 77.4. The maximum absolute atomic E-state index is 15.4. The van der Waals surface area contributed by atoms with E-state index in [9.17, 15) is 18.1 Å². The van der Waals surface area contributed by atoms with Crippen LogP contribution in [0.4, 0.5) is 13.2 Å². The van der Waals surface area contributed by atoms with Crippen LogP contribution in [0.1, 0.15) is 23.6 Å². The van der Waals surface area contributed by atoms with Gasteiger partial charge in [-0.25, -0.2) is 32.2 Å². The Balaban J connectivity index is 1.49. The molecule has 46 heavy (non-hydrogen) atoms. The standard InChI is InChI=1S/C29H28F3N4O8PS/c1-19(46-23-13-41-28(42-14-23)5-3-2-4-21-7-6-20(12-33)10-25(21)31)29(16-36-18-34-17-35-36,24-9-8-22(30)11-26(24)32)44-27(37)15-43-45(38,39)40/h2-11,17-19,23,28H,13-16H2,1H3,(H2,38,39,40)/t19-,23?,28?,29-/m1/s1. The van der Waals surface area contributed by atoms with E-state index in [0.29, 0.717) is 11.6 Å². The van der Waals surface area contributed by atoms with Gasteiger partial charge in [0.25, 0.3) is 0 Å². The quantitative estimate of drug-likeness (QED) is 0.150. The molecule has 17 heteroatoms. The van der Waals surface area contributed by atoms with Crippen LogP contribution in [0.25, 0.3) is 6.08 Å². The highest BCUT2D eigenvalue weighted by molar-refractivity contribution is 8.00. The van der Waals surface area contributed by atoms with Crippen molar-refractivity contribution in [2.75, 3.05) is 19.8 Å². The Morgan fingerprint density at radius 1 is 1.22 bits per heavy atom. The van der Waals surface area contributed by atoms with Gasteiger partial charge in [-0.1, -0.05) is 24.3 Å². The second kappa shape index (κ2) is 15.7. The van der Waals surface area contributed by atoms with Crippen LogP contribution in [0.2, 0.25) is 0 Å². The van der Waals surface area contributed by atoms with Crippen molar-refractivity contribution < 1.29 is 51.1 Å². The average molecular weight is 681 g/mol. The zero-order valence-electron chi connectivity index (χ0n) is 24.1. The van der Waals surface area contributed by atoms with Crippen molar-refractivity contribution in [3.05, 3.63) is 101 Å². The molecular weight excluding hydrogens is 652 g/mol. The second-order valence-electron chi connectivity index (χ2n) is 9.87. The maximum atomic E-state index is 15.4.